The molecule has 0 unspecified atom stereocenters. The molecule has 1 amide bonds. The highest BCUT2D eigenvalue weighted by Gasteiger charge is 2.54. The quantitative estimate of drug-likeness (QED) is 0.323. The maximum atomic E-state index is 10.8. The predicted octanol–water partition coefficient (Wildman–Crippen LogP) is 0.157. The van der Waals surface area contributed by atoms with Gasteiger partial charge in [0.2, 0.25) is 5.91 Å². The van der Waals surface area contributed by atoms with E-state index in [2.05, 4.69) is 21.2 Å². The minimum atomic E-state index is -2.34. The summed E-state index contributed by atoms with van der Waals surface area (Å²) in [5.74, 6) is -0.531. The Hall–Kier alpha value is -1.25. The maximum absolute atomic E-state index is 10.8. The predicted molar refractivity (Wildman–Crippen MR) is 53.8 cm³/mol. The molecule has 0 saturated carbocycles. The Kier molecular flexibility index (Phi) is 5.12. The molecule has 0 atom stereocenters. The smallest absolute Gasteiger partial charge is 0.342 e. The fraction of sp³-hybridized carbons (Fsp3) is 0.833. The van der Waals surface area contributed by atoms with Crippen LogP contribution in [0.2, 0.25) is 0 Å². The van der Waals surface area contributed by atoms with Crippen LogP contribution in [0.4, 0.5) is 0 Å². The molecule has 0 fully saturated rings. The van der Waals surface area contributed by atoms with Gasteiger partial charge in [0.05, 0.1) is 11.8 Å². The zero-order valence-electron chi connectivity index (χ0n) is 7.93. The summed E-state index contributed by atoms with van der Waals surface area (Å²) in [6, 6.07) is 0. The number of nitrogens with zero attached hydrogens (tertiary/aromatic N) is 2. The van der Waals surface area contributed by atoms with E-state index in [0.717, 1.165) is 0 Å². The molecule has 9 heteroatoms. The summed E-state index contributed by atoms with van der Waals surface area (Å²) in [6.45, 7) is 0.708. The molecule has 0 aliphatic carbocycles. The van der Waals surface area contributed by atoms with Crippen molar-refractivity contribution in [1.82, 2.24) is 5.32 Å². The fourth-order valence-corrected chi connectivity index (χ4v) is 1.06. The van der Waals surface area contributed by atoms with E-state index in [1.807, 2.05) is 0 Å². The number of amides is 1. The zero-order valence-corrected chi connectivity index (χ0v) is 9.52. The third kappa shape index (κ3) is 3.11. The molecule has 0 aromatic rings. The van der Waals surface area contributed by atoms with Crippen LogP contribution in [0.3, 0.4) is 0 Å². The summed E-state index contributed by atoms with van der Waals surface area (Å²) < 4.78 is 0. The monoisotopic (exact) mass is 283 g/mol. The number of carbonyl (C=O) groups is 1. The van der Waals surface area contributed by atoms with Gasteiger partial charge in [-0.2, -0.15) is 0 Å². The van der Waals surface area contributed by atoms with Gasteiger partial charge in [-0.05, 0) is 0 Å². The van der Waals surface area contributed by atoms with Crippen molar-refractivity contribution in [2.75, 3.05) is 11.9 Å². The fourth-order valence-electron chi connectivity index (χ4n) is 0.866. The molecule has 0 bridgehead atoms. The van der Waals surface area contributed by atoms with Crippen LogP contribution in [0.5, 0.6) is 0 Å². The Morgan fingerprint density at radius 3 is 2.13 bits per heavy atom. The van der Waals surface area contributed by atoms with Crippen LogP contribution in [-0.4, -0.2) is 33.3 Å². The molecule has 0 radical (unpaired) electrons. The summed E-state index contributed by atoms with van der Waals surface area (Å²) in [5, 5.41) is 23.3. The van der Waals surface area contributed by atoms with E-state index >= 15 is 0 Å². The molecule has 86 valence electrons. The number of alkyl halides is 1. The number of halogens is 1. The first-order chi connectivity index (χ1) is 6.90. The molecular formula is C6H10BrN3O5. The Morgan fingerprint density at radius 1 is 1.40 bits per heavy atom. The molecule has 0 heterocycles. The summed E-state index contributed by atoms with van der Waals surface area (Å²) >= 11 is 2.83. The van der Waals surface area contributed by atoms with Crippen LogP contribution >= 0.6 is 15.9 Å². The topological polar surface area (TPSA) is 115 Å². The number of carbonyl (C=O) groups excluding carboxylic acids is 1. The second-order valence-corrected chi connectivity index (χ2v) is 3.32. The van der Waals surface area contributed by atoms with E-state index in [0.29, 0.717) is 0 Å². The van der Waals surface area contributed by atoms with Gasteiger partial charge in [0, 0.05) is 0 Å². The summed E-state index contributed by atoms with van der Waals surface area (Å²) in [7, 11) is 0. The van der Waals surface area contributed by atoms with Crippen LogP contribution in [0, 0.1) is 20.2 Å². The van der Waals surface area contributed by atoms with Gasteiger partial charge in [-0.25, -0.2) is 0 Å². The maximum Gasteiger partial charge on any atom is 0.474 e. The number of rotatable bonds is 6. The Labute approximate surface area is 93.4 Å². The van der Waals surface area contributed by atoms with Crippen LogP contribution in [0.25, 0.3) is 0 Å². The highest BCUT2D eigenvalue weighted by atomic mass is 79.9. The van der Waals surface area contributed by atoms with E-state index in [9.17, 15) is 25.0 Å². The largest absolute Gasteiger partial charge is 0.474 e. The lowest BCUT2D eigenvalue weighted by atomic mass is 10.1. The third-order valence-electron chi connectivity index (χ3n) is 1.94. The van der Waals surface area contributed by atoms with E-state index in [1.54, 1.807) is 0 Å². The van der Waals surface area contributed by atoms with Gasteiger partial charge in [0.15, 0.2) is 6.54 Å². The van der Waals surface area contributed by atoms with E-state index in [-0.39, 0.29) is 11.8 Å². The molecule has 0 aromatic carbocycles. The van der Waals surface area contributed by atoms with Gasteiger partial charge in [-0.15, -0.1) is 0 Å². The normalized spacial score (nSPS) is 10.8. The van der Waals surface area contributed by atoms with Crippen LogP contribution in [-0.2, 0) is 4.79 Å². The van der Waals surface area contributed by atoms with Crippen molar-refractivity contribution in [2.45, 2.75) is 19.0 Å². The van der Waals surface area contributed by atoms with Crippen molar-refractivity contribution in [2.24, 2.45) is 0 Å². The molecule has 0 aliphatic heterocycles. The van der Waals surface area contributed by atoms with Crippen molar-refractivity contribution < 1.29 is 14.6 Å². The number of nitrogens with one attached hydrogen (secondary N) is 1. The van der Waals surface area contributed by atoms with Crippen molar-refractivity contribution >= 4 is 21.8 Å². The Balaban J connectivity index is 4.72. The summed E-state index contributed by atoms with van der Waals surface area (Å²) in [4.78, 5) is 30.0. The lowest BCUT2D eigenvalue weighted by Crippen LogP contribution is -2.54. The molecule has 0 rings (SSSR count). The van der Waals surface area contributed by atoms with Crippen molar-refractivity contribution in [1.29, 1.82) is 0 Å². The molecular weight excluding hydrogens is 274 g/mol. The molecule has 0 aliphatic rings. The van der Waals surface area contributed by atoms with Gasteiger partial charge in [0.25, 0.3) is 0 Å². The minimum Gasteiger partial charge on any atom is -0.342 e. The van der Waals surface area contributed by atoms with Crippen LogP contribution in [0.1, 0.15) is 13.3 Å². The van der Waals surface area contributed by atoms with Crippen LogP contribution in [0.15, 0.2) is 0 Å². The minimum absolute atomic E-state index is 0.0534. The van der Waals surface area contributed by atoms with Crippen LogP contribution < -0.4 is 5.32 Å². The number of hydrogen-bond acceptors (Lipinski definition) is 5. The Morgan fingerprint density at radius 2 is 1.87 bits per heavy atom. The van der Waals surface area contributed by atoms with Crippen molar-refractivity contribution in [3.05, 3.63) is 20.2 Å². The van der Waals surface area contributed by atoms with Crippen molar-refractivity contribution in [3.63, 3.8) is 0 Å². The second kappa shape index (κ2) is 5.59. The van der Waals surface area contributed by atoms with E-state index in [1.165, 1.54) is 6.92 Å². The zero-order chi connectivity index (χ0) is 12.1. The highest BCUT2D eigenvalue weighted by Crippen LogP contribution is 2.14. The third-order valence-corrected chi connectivity index (χ3v) is 2.45. The first-order valence-electron chi connectivity index (χ1n) is 4.02. The van der Waals surface area contributed by atoms with Gasteiger partial charge < -0.3 is 5.32 Å². The van der Waals surface area contributed by atoms with Gasteiger partial charge in [0.1, 0.15) is 9.85 Å². The average Bonchev–Trinajstić information content (AvgIpc) is 2.18. The number of nitro groups is 2. The first kappa shape index (κ1) is 13.8. The molecule has 0 saturated heterocycles. The molecule has 8 nitrogen and oxygen atoms in total. The highest BCUT2D eigenvalue weighted by molar-refractivity contribution is 9.09. The van der Waals surface area contributed by atoms with Gasteiger partial charge in [-0.1, -0.05) is 22.9 Å². The SMILES string of the molecule is CCC(CNC(=O)CBr)([N+](=O)[O-])[N+](=O)[O-]. The number of hydrogen-bond donors (Lipinski definition) is 1. The Bertz CT molecular complexity index is 268. The molecule has 15 heavy (non-hydrogen) atoms. The first-order valence-corrected chi connectivity index (χ1v) is 5.14. The molecule has 1 N–H and O–H groups in total. The van der Waals surface area contributed by atoms with E-state index < -0.39 is 28.0 Å². The average molecular weight is 284 g/mol. The second-order valence-electron chi connectivity index (χ2n) is 2.76. The standard InChI is InChI=1S/C6H10BrN3O5/c1-2-6(9(12)13,10(14)15)4-8-5(11)3-7/h2-4H2,1H3,(H,8,11). The molecule has 0 aromatic heterocycles. The van der Waals surface area contributed by atoms with Crippen molar-refractivity contribution in [3.8, 4) is 0 Å². The lowest BCUT2D eigenvalue weighted by molar-refractivity contribution is -0.794. The van der Waals surface area contributed by atoms with Gasteiger partial charge >= 0.3 is 5.66 Å². The van der Waals surface area contributed by atoms with Gasteiger partial charge in [-0.3, -0.25) is 25.0 Å². The summed E-state index contributed by atoms with van der Waals surface area (Å²) in [5.41, 5.74) is -2.34. The van der Waals surface area contributed by atoms with E-state index in [4.69, 9.17) is 0 Å². The summed E-state index contributed by atoms with van der Waals surface area (Å²) in [6.07, 6.45) is -0.296. The lowest BCUT2D eigenvalue weighted by Gasteiger charge is -2.15. The molecule has 0 spiro atoms.